The van der Waals surface area contributed by atoms with Crippen LogP contribution in [0.15, 0.2) is 0 Å². The molecule has 0 aromatic rings. The lowest BCUT2D eigenvalue weighted by Crippen LogP contribution is -1.84. The van der Waals surface area contributed by atoms with Crippen LogP contribution in [0.2, 0.25) is 0 Å². The summed E-state index contributed by atoms with van der Waals surface area (Å²) in [7, 11) is 0. The van der Waals surface area contributed by atoms with E-state index in [1.807, 2.05) is 13.8 Å². The van der Waals surface area contributed by atoms with Gasteiger partial charge in [-0.25, -0.2) is 0 Å². The van der Waals surface area contributed by atoms with Crippen LogP contribution in [-0.2, 0) is 4.74 Å². The maximum absolute atomic E-state index is 4.83. The zero-order valence-electron chi connectivity index (χ0n) is 8.77. The molecule has 0 atom stereocenters. The molecule has 0 amide bonds. The molecule has 0 unspecified atom stereocenters. The van der Waals surface area contributed by atoms with E-state index in [-0.39, 0.29) is 0 Å². The van der Waals surface area contributed by atoms with Crippen molar-refractivity contribution in [2.45, 2.75) is 58.8 Å². The van der Waals surface area contributed by atoms with Crippen molar-refractivity contribution >= 4 is 0 Å². The molecule has 0 radical (unpaired) electrons. The molecular weight excluding hydrogens is 148 g/mol. The second-order valence-corrected chi connectivity index (χ2v) is 3.26. The van der Waals surface area contributed by atoms with Gasteiger partial charge in [0.15, 0.2) is 0 Å². The van der Waals surface area contributed by atoms with Crippen molar-refractivity contribution in [3.8, 4) is 0 Å². The van der Waals surface area contributed by atoms with Crippen LogP contribution < -0.4 is 0 Å². The smallest absolute Gasteiger partial charge is 0.0437 e. The highest BCUT2D eigenvalue weighted by Crippen LogP contribution is 2.15. The molecule has 0 aromatic heterocycles. The van der Waals surface area contributed by atoms with Crippen LogP contribution in [0.4, 0.5) is 0 Å². The number of ether oxygens (including phenoxy) is 1. The van der Waals surface area contributed by atoms with Gasteiger partial charge in [0.1, 0.15) is 0 Å². The van der Waals surface area contributed by atoms with E-state index in [1.165, 1.54) is 44.9 Å². The highest BCUT2D eigenvalue weighted by atomic mass is 16.5. The van der Waals surface area contributed by atoms with E-state index in [1.54, 1.807) is 0 Å². The van der Waals surface area contributed by atoms with Gasteiger partial charge in [0, 0.05) is 13.2 Å². The monoisotopic (exact) mass is 172 g/mol. The van der Waals surface area contributed by atoms with Crippen LogP contribution in [-0.4, -0.2) is 13.2 Å². The minimum Gasteiger partial charge on any atom is -0.382 e. The normalized spacial score (nSPS) is 17.5. The van der Waals surface area contributed by atoms with E-state index < -0.39 is 0 Å². The van der Waals surface area contributed by atoms with Crippen LogP contribution in [0.3, 0.4) is 0 Å². The molecule has 12 heavy (non-hydrogen) atoms. The van der Waals surface area contributed by atoms with E-state index >= 15 is 0 Å². The predicted octanol–water partition coefficient (Wildman–Crippen LogP) is 3.77. The van der Waals surface area contributed by atoms with Gasteiger partial charge >= 0.3 is 0 Å². The maximum atomic E-state index is 4.83. The highest BCUT2D eigenvalue weighted by molar-refractivity contribution is 4.51. The van der Waals surface area contributed by atoms with Crippen LogP contribution in [0.5, 0.6) is 0 Å². The molecule has 0 saturated heterocycles. The van der Waals surface area contributed by atoms with Crippen molar-refractivity contribution in [1.29, 1.82) is 0 Å². The summed E-state index contributed by atoms with van der Waals surface area (Å²) in [6.07, 6.45) is 10.5. The van der Waals surface area contributed by atoms with Gasteiger partial charge in [0.25, 0.3) is 0 Å². The molecule has 0 heterocycles. The maximum Gasteiger partial charge on any atom is 0.0437 e. The van der Waals surface area contributed by atoms with Gasteiger partial charge in [-0.1, -0.05) is 44.9 Å². The van der Waals surface area contributed by atoms with E-state index in [0.717, 1.165) is 13.2 Å². The summed E-state index contributed by atoms with van der Waals surface area (Å²) in [6, 6.07) is 0. The van der Waals surface area contributed by atoms with Crippen molar-refractivity contribution < 1.29 is 4.74 Å². The van der Waals surface area contributed by atoms with Gasteiger partial charge in [-0.2, -0.15) is 0 Å². The number of rotatable bonds is 2. The van der Waals surface area contributed by atoms with E-state index in [0.29, 0.717) is 0 Å². The fourth-order valence-electron chi connectivity index (χ4n) is 1.44. The quantitative estimate of drug-likeness (QED) is 0.576. The predicted molar refractivity (Wildman–Crippen MR) is 54.5 cm³/mol. The van der Waals surface area contributed by atoms with Crippen LogP contribution in [0.1, 0.15) is 58.8 Å². The van der Waals surface area contributed by atoms with Gasteiger partial charge in [-0.05, 0) is 13.8 Å². The Morgan fingerprint density at radius 1 is 0.667 bits per heavy atom. The van der Waals surface area contributed by atoms with Crippen LogP contribution in [0.25, 0.3) is 0 Å². The third kappa shape index (κ3) is 9.96. The minimum atomic E-state index is 0.844. The molecule has 74 valence electrons. The average molecular weight is 172 g/mol. The molecule has 0 spiro atoms. The lowest BCUT2D eigenvalue weighted by atomic mass is 10.2. The number of hydrogen-bond acceptors (Lipinski definition) is 1. The Kier molecular flexibility index (Phi) is 10.9. The van der Waals surface area contributed by atoms with Crippen molar-refractivity contribution in [1.82, 2.24) is 0 Å². The van der Waals surface area contributed by atoms with Crippen molar-refractivity contribution in [2.24, 2.45) is 0 Å². The van der Waals surface area contributed by atoms with E-state index in [2.05, 4.69) is 0 Å². The SMILES string of the molecule is C1CCCCCC1.CCOCC. The summed E-state index contributed by atoms with van der Waals surface area (Å²) in [4.78, 5) is 0. The first-order chi connectivity index (χ1) is 5.91. The second kappa shape index (κ2) is 11.0. The van der Waals surface area contributed by atoms with Gasteiger partial charge in [0.2, 0.25) is 0 Å². The second-order valence-electron chi connectivity index (χ2n) is 3.26. The third-order valence-corrected chi connectivity index (χ3v) is 2.16. The molecule has 0 aromatic carbocycles. The summed E-state index contributed by atoms with van der Waals surface area (Å²) < 4.78 is 4.83. The third-order valence-electron chi connectivity index (χ3n) is 2.16. The van der Waals surface area contributed by atoms with Crippen molar-refractivity contribution in [3.05, 3.63) is 0 Å². The van der Waals surface area contributed by atoms with E-state index in [4.69, 9.17) is 4.74 Å². The Labute approximate surface area is 77.5 Å². The molecule has 1 aliphatic carbocycles. The number of hydrogen-bond donors (Lipinski definition) is 0. The fourth-order valence-corrected chi connectivity index (χ4v) is 1.44. The fraction of sp³-hybridized carbons (Fsp3) is 1.00. The van der Waals surface area contributed by atoms with Gasteiger partial charge in [-0.3, -0.25) is 0 Å². The molecule has 1 heteroatoms. The summed E-state index contributed by atoms with van der Waals surface area (Å²) >= 11 is 0. The van der Waals surface area contributed by atoms with Crippen molar-refractivity contribution in [3.63, 3.8) is 0 Å². The zero-order valence-corrected chi connectivity index (χ0v) is 8.77. The molecule has 0 N–H and O–H groups in total. The molecule has 0 bridgehead atoms. The van der Waals surface area contributed by atoms with E-state index in [9.17, 15) is 0 Å². The van der Waals surface area contributed by atoms with Gasteiger partial charge in [0.05, 0.1) is 0 Å². The Bertz CT molecular complexity index is 49.8. The van der Waals surface area contributed by atoms with Crippen LogP contribution in [0, 0.1) is 0 Å². The summed E-state index contributed by atoms with van der Waals surface area (Å²) in [5.41, 5.74) is 0. The highest BCUT2D eigenvalue weighted by Gasteiger charge is 1.95. The summed E-state index contributed by atoms with van der Waals surface area (Å²) in [6.45, 7) is 5.67. The topological polar surface area (TPSA) is 9.23 Å². The Balaban J connectivity index is 0.000000217. The Morgan fingerprint density at radius 3 is 1.00 bits per heavy atom. The standard InChI is InChI=1S/C7H14.C4H10O/c1-2-4-6-7-5-3-1;1-3-5-4-2/h1-7H2;3-4H2,1-2H3. The van der Waals surface area contributed by atoms with Crippen LogP contribution >= 0.6 is 0 Å². The Morgan fingerprint density at radius 2 is 0.917 bits per heavy atom. The lowest BCUT2D eigenvalue weighted by molar-refractivity contribution is 0.162. The van der Waals surface area contributed by atoms with Crippen molar-refractivity contribution in [2.75, 3.05) is 13.2 Å². The minimum absolute atomic E-state index is 0.844. The molecule has 1 saturated carbocycles. The molecule has 1 nitrogen and oxygen atoms in total. The first kappa shape index (κ1) is 12.0. The average Bonchev–Trinajstić information content (AvgIpc) is 2.37. The molecular formula is C11H24O. The van der Waals surface area contributed by atoms with Gasteiger partial charge in [-0.15, -0.1) is 0 Å². The lowest BCUT2D eigenvalue weighted by Gasteiger charge is -1.86. The molecule has 1 fully saturated rings. The molecule has 0 aliphatic heterocycles. The Hall–Kier alpha value is -0.0400. The largest absolute Gasteiger partial charge is 0.382 e. The summed E-state index contributed by atoms with van der Waals surface area (Å²) in [5, 5.41) is 0. The molecule has 1 aliphatic rings. The molecule has 1 rings (SSSR count). The summed E-state index contributed by atoms with van der Waals surface area (Å²) in [5.74, 6) is 0. The zero-order chi connectivity index (χ0) is 9.07. The first-order valence-electron chi connectivity index (χ1n) is 5.49. The van der Waals surface area contributed by atoms with Gasteiger partial charge < -0.3 is 4.74 Å². The first-order valence-corrected chi connectivity index (χ1v) is 5.49.